The molecule has 0 saturated carbocycles. The van der Waals surface area contributed by atoms with E-state index in [1.165, 1.54) is 0 Å². The van der Waals surface area contributed by atoms with E-state index in [0.717, 1.165) is 22.4 Å². The summed E-state index contributed by atoms with van der Waals surface area (Å²) in [5, 5.41) is 16.3. The molecule has 1 aliphatic rings. The van der Waals surface area contributed by atoms with Gasteiger partial charge in [-0.3, -0.25) is 4.90 Å². The molecule has 1 aliphatic heterocycles. The predicted octanol–water partition coefficient (Wildman–Crippen LogP) is 5.57. The average molecular weight is 499 g/mol. The number of rotatable bonds is 11. The Labute approximate surface area is 210 Å². The molecule has 0 fully saturated rings. The standard InChI is InChI=1S/C27H28Cl2N2O3/c28-22-10-6-9-21(13-22)15-31(16-23(32)19-33-18-20-7-2-1-3-8-20)17-24-14-27(30-34-24)25-11-4-5-12-26(25)29/h1-13,23-24,32H,14-19H2/t23-,24+/m0/s1. The summed E-state index contributed by atoms with van der Waals surface area (Å²) < 4.78 is 5.74. The molecule has 1 heterocycles. The number of ether oxygens (including phenoxy) is 1. The van der Waals surface area contributed by atoms with Gasteiger partial charge in [-0.2, -0.15) is 0 Å². The van der Waals surface area contributed by atoms with Crippen molar-refractivity contribution in [1.82, 2.24) is 4.90 Å². The molecule has 0 aliphatic carbocycles. The fraction of sp³-hybridized carbons (Fsp3) is 0.296. The second kappa shape index (κ2) is 12.3. The van der Waals surface area contributed by atoms with Gasteiger partial charge in [-0.15, -0.1) is 0 Å². The maximum atomic E-state index is 10.7. The smallest absolute Gasteiger partial charge is 0.145 e. The van der Waals surface area contributed by atoms with E-state index in [2.05, 4.69) is 10.1 Å². The van der Waals surface area contributed by atoms with E-state index >= 15 is 0 Å². The van der Waals surface area contributed by atoms with Gasteiger partial charge in [0.05, 0.1) is 25.0 Å². The summed E-state index contributed by atoms with van der Waals surface area (Å²) in [4.78, 5) is 7.89. The molecule has 0 unspecified atom stereocenters. The molecule has 0 bridgehead atoms. The minimum absolute atomic E-state index is 0.136. The summed E-state index contributed by atoms with van der Waals surface area (Å²) >= 11 is 12.5. The highest BCUT2D eigenvalue weighted by molar-refractivity contribution is 6.34. The normalized spacial score (nSPS) is 16.4. The van der Waals surface area contributed by atoms with E-state index < -0.39 is 6.10 Å². The third kappa shape index (κ3) is 7.29. The quantitative estimate of drug-likeness (QED) is 0.375. The SMILES string of the molecule is O[C@H](COCc1ccccc1)CN(Cc1cccc(Cl)c1)C[C@H]1CC(c2ccccc2Cl)=NO1. The second-order valence-electron chi connectivity index (χ2n) is 8.43. The summed E-state index contributed by atoms with van der Waals surface area (Å²) in [5.41, 5.74) is 3.87. The largest absolute Gasteiger partial charge is 0.390 e. The van der Waals surface area contributed by atoms with Gasteiger partial charge in [-0.25, -0.2) is 0 Å². The van der Waals surface area contributed by atoms with Gasteiger partial charge in [0.2, 0.25) is 0 Å². The van der Waals surface area contributed by atoms with Crippen LogP contribution in [-0.4, -0.2) is 47.6 Å². The molecule has 3 aromatic rings. The maximum Gasteiger partial charge on any atom is 0.145 e. The monoisotopic (exact) mass is 498 g/mol. The molecular weight excluding hydrogens is 471 g/mol. The van der Waals surface area contributed by atoms with Crippen LogP contribution in [0.4, 0.5) is 0 Å². The van der Waals surface area contributed by atoms with Gasteiger partial charge < -0.3 is 14.7 Å². The van der Waals surface area contributed by atoms with Crippen LogP contribution in [0.3, 0.4) is 0 Å². The third-order valence-electron chi connectivity index (χ3n) is 5.57. The zero-order valence-corrected chi connectivity index (χ0v) is 20.3. The van der Waals surface area contributed by atoms with Gasteiger partial charge in [0.15, 0.2) is 0 Å². The van der Waals surface area contributed by atoms with Crippen LogP contribution in [0.15, 0.2) is 84.0 Å². The highest BCUT2D eigenvalue weighted by atomic mass is 35.5. The van der Waals surface area contributed by atoms with Crippen molar-refractivity contribution in [1.29, 1.82) is 0 Å². The molecule has 0 saturated heterocycles. The number of oxime groups is 1. The van der Waals surface area contributed by atoms with Crippen LogP contribution >= 0.6 is 23.2 Å². The second-order valence-corrected chi connectivity index (χ2v) is 9.27. The molecule has 7 heteroatoms. The lowest BCUT2D eigenvalue weighted by molar-refractivity contribution is -0.00648. The number of benzene rings is 3. The topological polar surface area (TPSA) is 54.3 Å². The Kier molecular flexibility index (Phi) is 8.97. The van der Waals surface area contributed by atoms with Gasteiger partial charge in [0.1, 0.15) is 6.10 Å². The van der Waals surface area contributed by atoms with Crippen LogP contribution in [0.5, 0.6) is 0 Å². The lowest BCUT2D eigenvalue weighted by atomic mass is 10.0. The summed E-state index contributed by atoms with van der Waals surface area (Å²) in [7, 11) is 0. The van der Waals surface area contributed by atoms with Crippen LogP contribution < -0.4 is 0 Å². The summed E-state index contributed by atoms with van der Waals surface area (Å²) in [6.45, 7) is 2.36. The van der Waals surface area contributed by atoms with E-state index in [9.17, 15) is 5.11 Å². The molecular formula is C27H28Cl2N2O3. The lowest BCUT2D eigenvalue weighted by Gasteiger charge is -2.27. The summed E-state index contributed by atoms with van der Waals surface area (Å²) in [6, 6.07) is 25.3. The number of nitrogens with zero attached hydrogens (tertiary/aromatic N) is 2. The molecule has 4 rings (SSSR count). The van der Waals surface area contributed by atoms with E-state index in [4.69, 9.17) is 32.8 Å². The van der Waals surface area contributed by atoms with Crippen LogP contribution in [0.2, 0.25) is 10.0 Å². The van der Waals surface area contributed by atoms with E-state index in [1.54, 1.807) is 0 Å². The zero-order valence-electron chi connectivity index (χ0n) is 18.8. The molecule has 0 spiro atoms. The Morgan fingerprint density at radius 3 is 2.56 bits per heavy atom. The first-order valence-corrected chi connectivity index (χ1v) is 12.1. The van der Waals surface area contributed by atoms with E-state index in [0.29, 0.717) is 42.7 Å². The van der Waals surface area contributed by atoms with Gasteiger partial charge in [-0.1, -0.05) is 89.0 Å². The van der Waals surface area contributed by atoms with Gasteiger partial charge in [0, 0.05) is 41.7 Å². The van der Waals surface area contributed by atoms with E-state index in [1.807, 2.05) is 78.9 Å². The Balaban J connectivity index is 1.35. The van der Waals surface area contributed by atoms with Crippen molar-refractivity contribution in [3.63, 3.8) is 0 Å². The Bertz CT molecular complexity index is 1090. The minimum atomic E-state index is -0.645. The number of aliphatic hydroxyl groups excluding tert-OH is 1. The van der Waals surface area contributed by atoms with Gasteiger partial charge in [0.25, 0.3) is 0 Å². The van der Waals surface area contributed by atoms with Crippen molar-refractivity contribution in [3.05, 3.63) is 106 Å². The highest BCUT2D eigenvalue weighted by Gasteiger charge is 2.26. The molecule has 2 atom stereocenters. The fourth-order valence-corrected chi connectivity index (χ4v) is 4.46. The molecule has 0 amide bonds. The first kappa shape index (κ1) is 24.7. The van der Waals surface area contributed by atoms with E-state index in [-0.39, 0.29) is 12.7 Å². The van der Waals surface area contributed by atoms with Crippen molar-refractivity contribution in [3.8, 4) is 0 Å². The van der Waals surface area contributed by atoms with Crippen molar-refractivity contribution >= 4 is 28.9 Å². The van der Waals surface area contributed by atoms with Crippen LogP contribution in [-0.2, 0) is 22.7 Å². The van der Waals surface area contributed by atoms with Crippen molar-refractivity contribution in [2.75, 3.05) is 19.7 Å². The maximum absolute atomic E-state index is 10.7. The lowest BCUT2D eigenvalue weighted by Crippen LogP contribution is -2.39. The van der Waals surface area contributed by atoms with Crippen LogP contribution in [0, 0.1) is 0 Å². The Morgan fingerprint density at radius 2 is 1.76 bits per heavy atom. The predicted molar refractivity (Wildman–Crippen MR) is 136 cm³/mol. The number of halogens is 2. The first-order valence-electron chi connectivity index (χ1n) is 11.3. The summed E-state index contributed by atoms with van der Waals surface area (Å²) in [5.74, 6) is 0. The Hall–Kier alpha value is -2.41. The summed E-state index contributed by atoms with van der Waals surface area (Å²) in [6.07, 6.45) is -0.132. The van der Waals surface area contributed by atoms with Crippen molar-refractivity contribution in [2.45, 2.75) is 31.8 Å². The third-order valence-corrected chi connectivity index (χ3v) is 6.13. The number of hydrogen-bond donors (Lipinski definition) is 1. The number of aliphatic hydroxyl groups is 1. The number of hydrogen-bond acceptors (Lipinski definition) is 5. The molecule has 0 radical (unpaired) electrons. The van der Waals surface area contributed by atoms with Gasteiger partial charge >= 0.3 is 0 Å². The van der Waals surface area contributed by atoms with Gasteiger partial charge in [-0.05, 0) is 29.3 Å². The zero-order chi connectivity index (χ0) is 23.8. The Morgan fingerprint density at radius 1 is 1.00 bits per heavy atom. The molecule has 1 N–H and O–H groups in total. The highest BCUT2D eigenvalue weighted by Crippen LogP contribution is 2.24. The average Bonchev–Trinajstić information content (AvgIpc) is 3.28. The minimum Gasteiger partial charge on any atom is -0.390 e. The van der Waals surface area contributed by atoms with Crippen molar-refractivity contribution in [2.24, 2.45) is 5.16 Å². The fourth-order valence-electron chi connectivity index (χ4n) is 4.00. The van der Waals surface area contributed by atoms with Crippen molar-refractivity contribution < 1.29 is 14.7 Å². The van der Waals surface area contributed by atoms with Crippen LogP contribution in [0.25, 0.3) is 0 Å². The molecule has 3 aromatic carbocycles. The van der Waals surface area contributed by atoms with Crippen LogP contribution in [0.1, 0.15) is 23.1 Å². The first-order chi connectivity index (χ1) is 16.6. The molecule has 5 nitrogen and oxygen atoms in total. The molecule has 0 aromatic heterocycles. The molecule has 34 heavy (non-hydrogen) atoms. The molecule has 178 valence electrons.